The lowest BCUT2D eigenvalue weighted by molar-refractivity contribution is 0.177. The first-order valence-electron chi connectivity index (χ1n) is 5.73. The Morgan fingerprint density at radius 1 is 1.56 bits per heavy atom. The summed E-state index contributed by atoms with van der Waals surface area (Å²) >= 11 is 7.09. The van der Waals surface area contributed by atoms with Crippen LogP contribution in [-0.4, -0.2) is 39.0 Å². The van der Waals surface area contributed by atoms with E-state index < -0.39 is 10.0 Å². The molecule has 0 aromatic carbocycles. The van der Waals surface area contributed by atoms with E-state index in [2.05, 4.69) is 0 Å². The van der Waals surface area contributed by atoms with Crippen molar-refractivity contribution in [2.24, 2.45) is 0 Å². The van der Waals surface area contributed by atoms with Crippen LogP contribution in [0.5, 0.6) is 0 Å². The molecule has 2 rings (SSSR count). The third kappa shape index (κ3) is 3.05. The van der Waals surface area contributed by atoms with Gasteiger partial charge in [-0.3, -0.25) is 0 Å². The molecule has 1 fully saturated rings. The number of methoxy groups -OCH3 is 1. The number of alkyl halides is 1. The van der Waals surface area contributed by atoms with Crippen molar-refractivity contribution in [1.82, 2.24) is 4.31 Å². The number of hydrogen-bond donors (Lipinski definition) is 0. The van der Waals surface area contributed by atoms with E-state index in [1.165, 1.54) is 11.3 Å². The van der Waals surface area contributed by atoms with Gasteiger partial charge in [-0.05, 0) is 18.9 Å². The summed E-state index contributed by atoms with van der Waals surface area (Å²) < 4.78 is 31.5. The molecule has 1 aromatic rings. The van der Waals surface area contributed by atoms with Crippen molar-refractivity contribution in [3.63, 3.8) is 0 Å². The van der Waals surface area contributed by atoms with Crippen LogP contribution in [0.25, 0.3) is 0 Å². The Balaban J connectivity index is 2.21. The normalized spacial score (nSPS) is 16.4. The van der Waals surface area contributed by atoms with Crippen LogP contribution in [0.2, 0.25) is 0 Å². The summed E-state index contributed by atoms with van der Waals surface area (Å²) in [5, 5.41) is 1.66. The number of hydrogen-bond acceptors (Lipinski definition) is 4. The van der Waals surface area contributed by atoms with Crippen molar-refractivity contribution in [1.29, 1.82) is 0 Å². The molecule has 0 unspecified atom stereocenters. The molecular weight excluding hydrogens is 294 g/mol. The van der Waals surface area contributed by atoms with Crippen molar-refractivity contribution in [3.8, 4) is 0 Å². The Labute approximate surface area is 117 Å². The third-order valence-electron chi connectivity index (χ3n) is 2.84. The fourth-order valence-corrected chi connectivity index (χ4v) is 4.79. The first-order chi connectivity index (χ1) is 8.59. The molecule has 0 amide bonds. The molecule has 0 radical (unpaired) electrons. The Hall–Kier alpha value is -0.140. The summed E-state index contributed by atoms with van der Waals surface area (Å²) in [5.74, 6) is 0.349. The average Bonchev–Trinajstić information content (AvgIpc) is 3.05. The highest BCUT2D eigenvalue weighted by Crippen LogP contribution is 2.33. The predicted molar refractivity (Wildman–Crippen MR) is 72.7 cm³/mol. The maximum absolute atomic E-state index is 12.5. The number of rotatable bonds is 7. The minimum absolute atomic E-state index is 0.143. The summed E-state index contributed by atoms with van der Waals surface area (Å²) in [5.41, 5.74) is 0. The molecule has 18 heavy (non-hydrogen) atoms. The molecule has 1 aliphatic carbocycles. The van der Waals surface area contributed by atoms with E-state index in [1.54, 1.807) is 22.9 Å². The van der Waals surface area contributed by atoms with E-state index >= 15 is 0 Å². The van der Waals surface area contributed by atoms with Gasteiger partial charge in [0.05, 0.1) is 17.4 Å². The van der Waals surface area contributed by atoms with Gasteiger partial charge in [0.1, 0.15) is 0 Å². The smallest absolute Gasteiger partial charge is 0.244 e. The second-order valence-corrected chi connectivity index (χ2v) is 7.38. The zero-order valence-corrected chi connectivity index (χ0v) is 12.5. The van der Waals surface area contributed by atoms with Crippen LogP contribution in [0.1, 0.15) is 17.7 Å². The molecule has 1 aromatic heterocycles. The van der Waals surface area contributed by atoms with Crippen LogP contribution in [0, 0.1) is 0 Å². The molecule has 0 aliphatic heterocycles. The second-order valence-electron chi connectivity index (χ2n) is 4.22. The Morgan fingerprint density at radius 3 is 2.78 bits per heavy atom. The fourth-order valence-electron chi connectivity index (χ4n) is 1.74. The lowest BCUT2D eigenvalue weighted by atomic mass is 10.5. The van der Waals surface area contributed by atoms with Gasteiger partial charge >= 0.3 is 0 Å². The summed E-state index contributed by atoms with van der Waals surface area (Å²) in [6.45, 7) is 0.831. The van der Waals surface area contributed by atoms with E-state index in [0.717, 1.165) is 17.7 Å². The number of ether oxygens (including phenoxy) is 1. The summed E-state index contributed by atoms with van der Waals surface area (Å²) in [4.78, 5) is 1.23. The number of nitrogens with zero attached hydrogens (tertiary/aromatic N) is 1. The fraction of sp³-hybridized carbons (Fsp3) is 0.636. The average molecular weight is 310 g/mol. The highest BCUT2D eigenvalue weighted by atomic mass is 35.5. The molecule has 0 atom stereocenters. The molecule has 0 N–H and O–H groups in total. The highest BCUT2D eigenvalue weighted by Gasteiger charge is 2.38. The van der Waals surface area contributed by atoms with Gasteiger partial charge in [0, 0.05) is 30.0 Å². The maximum Gasteiger partial charge on any atom is 0.244 e. The van der Waals surface area contributed by atoms with E-state index in [0.29, 0.717) is 23.9 Å². The van der Waals surface area contributed by atoms with Gasteiger partial charge in [0.2, 0.25) is 10.0 Å². The highest BCUT2D eigenvalue weighted by molar-refractivity contribution is 7.89. The lowest BCUT2D eigenvalue weighted by Crippen LogP contribution is -2.35. The van der Waals surface area contributed by atoms with E-state index in [9.17, 15) is 8.42 Å². The van der Waals surface area contributed by atoms with Gasteiger partial charge in [0.15, 0.2) is 0 Å². The Kier molecular flexibility index (Phi) is 4.66. The van der Waals surface area contributed by atoms with Crippen LogP contribution in [-0.2, 0) is 20.6 Å². The molecule has 7 heteroatoms. The second kappa shape index (κ2) is 5.88. The molecule has 0 bridgehead atoms. The van der Waals surface area contributed by atoms with Crippen molar-refractivity contribution in [2.75, 3.05) is 20.3 Å². The van der Waals surface area contributed by atoms with Crippen molar-refractivity contribution in [2.45, 2.75) is 29.7 Å². The SMILES string of the molecule is COCCN(C1CC1)S(=O)(=O)c1csc(CCl)c1. The molecule has 1 saturated carbocycles. The molecule has 0 saturated heterocycles. The molecule has 1 aliphatic rings. The van der Waals surface area contributed by atoms with Crippen LogP contribution >= 0.6 is 22.9 Å². The number of sulfonamides is 1. The lowest BCUT2D eigenvalue weighted by Gasteiger charge is -2.20. The molecule has 0 spiro atoms. The largest absolute Gasteiger partial charge is 0.383 e. The summed E-state index contributed by atoms with van der Waals surface area (Å²) in [7, 11) is -1.82. The van der Waals surface area contributed by atoms with Gasteiger partial charge in [-0.15, -0.1) is 22.9 Å². The van der Waals surface area contributed by atoms with Gasteiger partial charge < -0.3 is 4.74 Å². The Bertz CT molecular complexity index is 496. The summed E-state index contributed by atoms with van der Waals surface area (Å²) in [6.07, 6.45) is 1.88. The van der Waals surface area contributed by atoms with Gasteiger partial charge in [-0.2, -0.15) is 4.31 Å². The third-order valence-corrected chi connectivity index (χ3v) is 6.30. The van der Waals surface area contributed by atoms with E-state index in [1.807, 2.05) is 0 Å². The number of halogens is 1. The standard InChI is InChI=1S/C11H16ClNO3S2/c1-16-5-4-13(9-2-3-9)18(14,15)11-6-10(7-12)17-8-11/h6,8-9H,2-5,7H2,1H3. The minimum Gasteiger partial charge on any atom is -0.383 e. The van der Waals surface area contributed by atoms with Crippen LogP contribution in [0.15, 0.2) is 16.3 Å². The number of thiophene rings is 1. The van der Waals surface area contributed by atoms with E-state index in [4.69, 9.17) is 16.3 Å². The Morgan fingerprint density at radius 2 is 2.28 bits per heavy atom. The molecular formula is C11H16ClNO3S2. The zero-order chi connectivity index (χ0) is 13.2. The van der Waals surface area contributed by atoms with Gasteiger partial charge in [-0.25, -0.2) is 8.42 Å². The van der Waals surface area contributed by atoms with Crippen molar-refractivity contribution < 1.29 is 13.2 Å². The monoisotopic (exact) mass is 309 g/mol. The quantitative estimate of drug-likeness (QED) is 0.726. The van der Waals surface area contributed by atoms with Gasteiger partial charge in [0.25, 0.3) is 0 Å². The topological polar surface area (TPSA) is 46.6 Å². The van der Waals surface area contributed by atoms with Crippen LogP contribution < -0.4 is 0 Å². The first-order valence-corrected chi connectivity index (χ1v) is 8.59. The molecule has 4 nitrogen and oxygen atoms in total. The molecule has 102 valence electrons. The van der Waals surface area contributed by atoms with Crippen molar-refractivity contribution >= 4 is 33.0 Å². The summed E-state index contributed by atoms with van der Waals surface area (Å²) in [6, 6.07) is 1.80. The minimum atomic E-state index is -3.39. The van der Waals surface area contributed by atoms with Crippen molar-refractivity contribution in [3.05, 3.63) is 16.3 Å². The van der Waals surface area contributed by atoms with E-state index in [-0.39, 0.29) is 6.04 Å². The predicted octanol–water partition coefficient (Wildman–Crippen LogP) is 2.29. The maximum atomic E-state index is 12.5. The van der Waals surface area contributed by atoms with Crippen LogP contribution in [0.3, 0.4) is 0 Å². The molecule has 1 heterocycles. The first kappa shape index (κ1) is 14.3. The van der Waals surface area contributed by atoms with Crippen LogP contribution in [0.4, 0.5) is 0 Å². The van der Waals surface area contributed by atoms with Gasteiger partial charge in [-0.1, -0.05) is 0 Å². The zero-order valence-electron chi connectivity index (χ0n) is 10.1.